The Morgan fingerprint density at radius 2 is 1.55 bits per heavy atom. The fourth-order valence-electron chi connectivity index (χ4n) is 1.72. The zero-order chi connectivity index (χ0) is 16.9. The number of allylic oxidation sites excluding steroid dienone is 1. The third-order valence-corrected chi connectivity index (χ3v) is 2.48. The Bertz CT molecular complexity index is 590. The van der Waals surface area contributed by atoms with Gasteiger partial charge in [-0.25, -0.2) is 4.79 Å². The van der Waals surface area contributed by atoms with E-state index >= 15 is 0 Å². The minimum Gasteiger partial charge on any atom is -0.487 e. The Labute approximate surface area is 129 Å². The highest BCUT2D eigenvalue weighted by atomic mass is 16.5. The van der Waals surface area contributed by atoms with Gasteiger partial charge in [0.05, 0.1) is 12.2 Å². The number of rotatable bonds is 7. The zero-order valence-corrected chi connectivity index (χ0v) is 13.1. The molecule has 0 saturated heterocycles. The Kier molecular flexibility index (Phi) is 5.98. The summed E-state index contributed by atoms with van der Waals surface area (Å²) in [6.45, 7) is 7.43. The number of aliphatic carboxylic acids is 1. The summed E-state index contributed by atoms with van der Waals surface area (Å²) in [7, 11) is 0. The second-order valence-electron chi connectivity index (χ2n) is 5.26. The molecule has 22 heavy (non-hydrogen) atoms. The minimum atomic E-state index is -1.20. The third-order valence-electron chi connectivity index (χ3n) is 2.48. The molecule has 6 nitrogen and oxygen atoms in total. The van der Waals surface area contributed by atoms with Crippen molar-refractivity contribution < 1.29 is 24.2 Å². The summed E-state index contributed by atoms with van der Waals surface area (Å²) in [6, 6.07) is 2.99. The molecule has 0 bridgehead atoms. The number of anilines is 1. The van der Waals surface area contributed by atoms with Crippen molar-refractivity contribution in [1.29, 1.82) is 0 Å². The fourth-order valence-corrected chi connectivity index (χ4v) is 1.72. The number of hydrogen-bond donors (Lipinski definition) is 2. The van der Waals surface area contributed by atoms with E-state index in [2.05, 4.69) is 0 Å². The molecule has 0 fully saturated rings. The van der Waals surface area contributed by atoms with E-state index in [-0.39, 0.29) is 23.5 Å². The van der Waals surface area contributed by atoms with E-state index in [0.29, 0.717) is 11.5 Å². The maximum absolute atomic E-state index is 12.0. The van der Waals surface area contributed by atoms with Crippen LogP contribution >= 0.6 is 0 Å². The van der Waals surface area contributed by atoms with Crippen molar-refractivity contribution in [3.8, 4) is 11.5 Å². The number of ketones is 1. The Hall–Kier alpha value is -2.50. The van der Waals surface area contributed by atoms with Gasteiger partial charge in [-0.3, -0.25) is 4.79 Å². The molecule has 0 atom stereocenters. The average molecular weight is 307 g/mol. The van der Waals surface area contributed by atoms with Crippen LogP contribution in [0, 0.1) is 0 Å². The predicted molar refractivity (Wildman–Crippen MR) is 83.5 cm³/mol. The van der Waals surface area contributed by atoms with E-state index in [1.165, 1.54) is 12.1 Å². The summed E-state index contributed by atoms with van der Waals surface area (Å²) in [5.74, 6) is -0.875. The van der Waals surface area contributed by atoms with Crippen LogP contribution in [0.2, 0.25) is 0 Å². The molecule has 3 N–H and O–H groups in total. The lowest BCUT2D eigenvalue weighted by Crippen LogP contribution is -2.12. The summed E-state index contributed by atoms with van der Waals surface area (Å²) >= 11 is 0. The second kappa shape index (κ2) is 7.49. The number of carboxylic acid groups (broad SMARTS) is 1. The molecule has 6 heteroatoms. The lowest BCUT2D eigenvalue weighted by molar-refractivity contribution is -0.131. The first-order chi connectivity index (χ1) is 10.2. The van der Waals surface area contributed by atoms with Gasteiger partial charge in [0.2, 0.25) is 0 Å². The van der Waals surface area contributed by atoms with E-state index in [1.54, 1.807) is 0 Å². The molecule has 0 spiro atoms. The third kappa shape index (κ3) is 5.12. The van der Waals surface area contributed by atoms with E-state index in [1.807, 2.05) is 27.7 Å². The molecular weight excluding hydrogens is 286 g/mol. The van der Waals surface area contributed by atoms with Gasteiger partial charge in [0, 0.05) is 23.4 Å². The van der Waals surface area contributed by atoms with Gasteiger partial charge in [-0.15, -0.1) is 0 Å². The smallest absolute Gasteiger partial charge is 0.328 e. The van der Waals surface area contributed by atoms with Crippen molar-refractivity contribution in [2.45, 2.75) is 39.9 Å². The largest absolute Gasteiger partial charge is 0.487 e. The molecule has 0 radical (unpaired) electrons. The van der Waals surface area contributed by atoms with Crippen LogP contribution < -0.4 is 15.2 Å². The van der Waals surface area contributed by atoms with Gasteiger partial charge < -0.3 is 20.3 Å². The first-order valence-electron chi connectivity index (χ1n) is 6.92. The Morgan fingerprint density at radius 1 is 1.05 bits per heavy atom. The molecule has 0 unspecified atom stereocenters. The standard InChI is InChI=1S/C16H21NO5/c1-9(2)21-14-7-11(13(18)5-6-16(19)20)12(17)8-15(14)22-10(3)4/h5-10H,17H2,1-4H3,(H,19,20)/b6-5+. The molecule has 0 aromatic heterocycles. The minimum absolute atomic E-state index is 0.0811. The summed E-state index contributed by atoms with van der Waals surface area (Å²) in [6.07, 6.45) is 1.53. The van der Waals surface area contributed by atoms with E-state index in [0.717, 1.165) is 12.2 Å². The quantitative estimate of drug-likeness (QED) is 0.456. The molecule has 120 valence electrons. The molecule has 0 aliphatic heterocycles. The fraction of sp³-hybridized carbons (Fsp3) is 0.375. The van der Waals surface area contributed by atoms with Gasteiger partial charge in [-0.05, 0) is 39.8 Å². The number of nitrogen functional groups attached to an aromatic ring is 1. The normalized spacial score (nSPS) is 11.2. The topological polar surface area (TPSA) is 98.9 Å². The van der Waals surface area contributed by atoms with Crippen molar-refractivity contribution in [2.75, 3.05) is 5.73 Å². The van der Waals surface area contributed by atoms with Crippen LogP contribution in [0.15, 0.2) is 24.3 Å². The van der Waals surface area contributed by atoms with Crippen molar-refractivity contribution >= 4 is 17.4 Å². The highest BCUT2D eigenvalue weighted by molar-refractivity contribution is 6.10. The predicted octanol–water partition coefficient (Wildman–Crippen LogP) is 2.67. The molecule has 0 aliphatic rings. The maximum atomic E-state index is 12.0. The van der Waals surface area contributed by atoms with Crippen molar-refractivity contribution in [1.82, 2.24) is 0 Å². The number of hydrogen-bond acceptors (Lipinski definition) is 5. The van der Waals surface area contributed by atoms with Crippen LogP contribution in [0.25, 0.3) is 0 Å². The molecule has 0 heterocycles. The zero-order valence-electron chi connectivity index (χ0n) is 13.1. The summed E-state index contributed by atoms with van der Waals surface area (Å²) < 4.78 is 11.3. The average Bonchev–Trinajstić information content (AvgIpc) is 2.37. The van der Waals surface area contributed by atoms with Crippen LogP contribution in [0.3, 0.4) is 0 Å². The number of nitrogens with two attached hydrogens (primary N) is 1. The lowest BCUT2D eigenvalue weighted by Gasteiger charge is -2.18. The first-order valence-corrected chi connectivity index (χ1v) is 6.92. The molecule has 1 aromatic rings. The molecule has 0 aliphatic carbocycles. The lowest BCUT2D eigenvalue weighted by atomic mass is 10.1. The molecule has 0 saturated carbocycles. The van der Waals surface area contributed by atoms with Crippen molar-refractivity contribution in [3.05, 3.63) is 29.8 Å². The van der Waals surface area contributed by atoms with Gasteiger partial charge in [0.15, 0.2) is 17.3 Å². The summed E-state index contributed by atoms with van der Waals surface area (Å²) in [5.41, 5.74) is 6.24. The van der Waals surface area contributed by atoms with Gasteiger partial charge in [0.25, 0.3) is 0 Å². The van der Waals surface area contributed by atoms with Crippen molar-refractivity contribution in [2.24, 2.45) is 0 Å². The first kappa shape index (κ1) is 17.6. The molecule has 1 aromatic carbocycles. The number of ether oxygens (including phenoxy) is 2. The SMILES string of the molecule is CC(C)Oc1cc(N)c(C(=O)/C=C/C(=O)O)cc1OC(C)C. The Morgan fingerprint density at radius 3 is 2.00 bits per heavy atom. The highest BCUT2D eigenvalue weighted by Crippen LogP contribution is 2.34. The number of carboxylic acids is 1. The Balaban J connectivity index is 3.24. The van der Waals surface area contributed by atoms with Crippen LogP contribution in [-0.2, 0) is 4.79 Å². The van der Waals surface area contributed by atoms with Crippen molar-refractivity contribution in [3.63, 3.8) is 0 Å². The van der Waals surface area contributed by atoms with Crippen LogP contribution in [0.1, 0.15) is 38.1 Å². The van der Waals surface area contributed by atoms with E-state index < -0.39 is 11.8 Å². The van der Waals surface area contributed by atoms with Gasteiger partial charge in [0.1, 0.15) is 0 Å². The summed E-state index contributed by atoms with van der Waals surface area (Å²) in [4.78, 5) is 22.5. The monoisotopic (exact) mass is 307 g/mol. The molecule has 0 amide bonds. The van der Waals surface area contributed by atoms with Gasteiger partial charge >= 0.3 is 5.97 Å². The second-order valence-corrected chi connectivity index (χ2v) is 5.26. The van der Waals surface area contributed by atoms with Gasteiger partial charge in [-0.2, -0.15) is 0 Å². The van der Waals surface area contributed by atoms with Crippen LogP contribution in [0.4, 0.5) is 5.69 Å². The van der Waals surface area contributed by atoms with Gasteiger partial charge in [-0.1, -0.05) is 0 Å². The number of carbonyl (C=O) groups excluding carboxylic acids is 1. The number of benzene rings is 1. The van der Waals surface area contributed by atoms with Crippen LogP contribution in [-0.4, -0.2) is 29.1 Å². The molecular formula is C16H21NO5. The summed E-state index contributed by atoms with van der Waals surface area (Å²) in [5, 5.41) is 8.58. The highest BCUT2D eigenvalue weighted by Gasteiger charge is 2.16. The number of carbonyl (C=O) groups is 2. The van der Waals surface area contributed by atoms with Crippen LogP contribution in [0.5, 0.6) is 11.5 Å². The van der Waals surface area contributed by atoms with E-state index in [4.69, 9.17) is 20.3 Å². The van der Waals surface area contributed by atoms with E-state index in [9.17, 15) is 9.59 Å². The molecule has 1 rings (SSSR count). The maximum Gasteiger partial charge on any atom is 0.328 e.